The lowest BCUT2D eigenvalue weighted by Gasteiger charge is -2.23. The van der Waals surface area contributed by atoms with Crippen molar-refractivity contribution in [2.45, 2.75) is 25.3 Å². The lowest BCUT2D eigenvalue weighted by molar-refractivity contribution is -0.145. The van der Waals surface area contributed by atoms with Crippen LogP contribution in [0.3, 0.4) is 0 Å². The van der Waals surface area contributed by atoms with E-state index in [1.165, 1.54) is 12.0 Å². The van der Waals surface area contributed by atoms with Crippen molar-refractivity contribution in [3.8, 4) is 0 Å². The molecule has 0 spiro atoms. The highest BCUT2D eigenvalue weighted by Crippen LogP contribution is 2.23. The van der Waals surface area contributed by atoms with Crippen molar-refractivity contribution in [1.29, 1.82) is 0 Å². The number of ether oxygens (including phenoxy) is 1. The predicted molar refractivity (Wildman–Crippen MR) is 83.0 cm³/mol. The number of benzene rings is 1. The Balaban J connectivity index is 1.57. The van der Waals surface area contributed by atoms with Gasteiger partial charge in [-0.15, -0.1) is 0 Å². The maximum absolute atomic E-state index is 12.3. The first-order valence-corrected chi connectivity index (χ1v) is 7.90. The van der Waals surface area contributed by atoms with E-state index in [1.54, 1.807) is 24.3 Å². The highest BCUT2D eigenvalue weighted by Gasteiger charge is 2.35. The lowest BCUT2D eigenvalue weighted by atomic mass is 10.1. The van der Waals surface area contributed by atoms with E-state index >= 15 is 0 Å². The number of methoxy groups -OCH3 is 1. The minimum absolute atomic E-state index is 0.192. The van der Waals surface area contributed by atoms with E-state index in [0.29, 0.717) is 30.6 Å². The third-order valence-corrected chi connectivity index (χ3v) is 4.54. The standard InChI is InChI=1S/C17H20N2O4/c1-23-17(22)14-8-4-9-18(14)10-5-11-19-15(20)12-6-2-3-7-13(12)16(19)21/h2-3,6-7,14H,4-5,8-11H2,1H3/t14-/m0/s1. The van der Waals surface area contributed by atoms with Gasteiger partial charge in [-0.25, -0.2) is 0 Å². The number of hydrogen-bond donors (Lipinski definition) is 0. The number of nitrogens with zero attached hydrogens (tertiary/aromatic N) is 2. The van der Waals surface area contributed by atoms with Gasteiger partial charge in [0.25, 0.3) is 11.8 Å². The summed E-state index contributed by atoms with van der Waals surface area (Å²) in [6.45, 7) is 1.89. The molecule has 1 fully saturated rings. The van der Waals surface area contributed by atoms with Gasteiger partial charge in [0.15, 0.2) is 0 Å². The van der Waals surface area contributed by atoms with Crippen molar-refractivity contribution in [2.24, 2.45) is 0 Å². The van der Waals surface area contributed by atoms with Crippen LogP contribution in [0.5, 0.6) is 0 Å². The smallest absolute Gasteiger partial charge is 0.323 e. The Morgan fingerprint density at radius 1 is 1.17 bits per heavy atom. The average molecular weight is 316 g/mol. The van der Waals surface area contributed by atoms with Gasteiger partial charge >= 0.3 is 5.97 Å². The predicted octanol–water partition coefficient (Wildman–Crippen LogP) is 1.31. The molecule has 0 unspecified atom stereocenters. The molecule has 1 aromatic rings. The fraction of sp³-hybridized carbons (Fsp3) is 0.471. The molecule has 0 aliphatic carbocycles. The van der Waals surface area contributed by atoms with Crippen molar-refractivity contribution in [3.05, 3.63) is 35.4 Å². The second-order valence-electron chi connectivity index (χ2n) is 5.88. The molecule has 0 N–H and O–H groups in total. The third kappa shape index (κ3) is 2.86. The fourth-order valence-corrected chi connectivity index (χ4v) is 3.37. The Morgan fingerprint density at radius 2 is 1.83 bits per heavy atom. The molecular formula is C17H20N2O4. The van der Waals surface area contributed by atoms with Crippen LogP contribution in [0.1, 0.15) is 40.0 Å². The van der Waals surface area contributed by atoms with Gasteiger partial charge in [0.1, 0.15) is 6.04 Å². The first kappa shape index (κ1) is 15.7. The normalized spacial score (nSPS) is 20.9. The summed E-state index contributed by atoms with van der Waals surface area (Å²) >= 11 is 0. The fourth-order valence-electron chi connectivity index (χ4n) is 3.37. The Kier molecular flexibility index (Phi) is 4.43. The summed E-state index contributed by atoms with van der Waals surface area (Å²) in [7, 11) is 1.40. The van der Waals surface area contributed by atoms with E-state index in [0.717, 1.165) is 19.4 Å². The zero-order valence-electron chi connectivity index (χ0n) is 13.2. The molecule has 2 aliphatic heterocycles. The zero-order valence-corrected chi connectivity index (χ0v) is 13.2. The Labute approximate surface area is 135 Å². The van der Waals surface area contributed by atoms with Crippen LogP contribution in [-0.4, -0.2) is 60.4 Å². The second-order valence-corrected chi connectivity index (χ2v) is 5.88. The summed E-state index contributed by atoms with van der Waals surface area (Å²) in [5.41, 5.74) is 0.956. The summed E-state index contributed by atoms with van der Waals surface area (Å²) in [6, 6.07) is 6.70. The molecule has 2 aliphatic rings. The van der Waals surface area contributed by atoms with Crippen LogP contribution in [0.25, 0.3) is 0 Å². The van der Waals surface area contributed by atoms with Crippen molar-refractivity contribution >= 4 is 17.8 Å². The molecule has 0 radical (unpaired) electrons. The number of carbonyl (C=O) groups excluding carboxylic acids is 3. The molecule has 1 atom stereocenters. The number of carbonyl (C=O) groups is 3. The molecule has 2 heterocycles. The number of imide groups is 1. The number of rotatable bonds is 5. The van der Waals surface area contributed by atoms with Crippen LogP contribution in [0.15, 0.2) is 24.3 Å². The molecule has 6 nitrogen and oxygen atoms in total. The first-order valence-electron chi connectivity index (χ1n) is 7.90. The van der Waals surface area contributed by atoms with E-state index in [2.05, 4.69) is 4.90 Å². The summed E-state index contributed by atoms with van der Waals surface area (Å²) in [6.07, 6.45) is 2.42. The molecule has 0 aromatic heterocycles. The van der Waals surface area contributed by atoms with Crippen LogP contribution in [-0.2, 0) is 9.53 Å². The van der Waals surface area contributed by atoms with Crippen LogP contribution in [0, 0.1) is 0 Å². The highest BCUT2D eigenvalue weighted by atomic mass is 16.5. The lowest BCUT2D eigenvalue weighted by Crippen LogP contribution is -2.39. The van der Waals surface area contributed by atoms with Gasteiger partial charge < -0.3 is 4.74 Å². The first-order chi connectivity index (χ1) is 11.1. The Morgan fingerprint density at radius 3 is 2.43 bits per heavy atom. The molecule has 1 aromatic carbocycles. The number of likely N-dealkylation sites (tertiary alicyclic amines) is 1. The number of amides is 2. The maximum atomic E-state index is 12.3. The van der Waals surface area contributed by atoms with Crippen LogP contribution >= 0.6 is 0 Å². The maximum Gasteiger partial charge on any atom is 0.323 e. The number of hydrogen-bond acceptors (Lipinski definition) is 5. The number of fused-ring (bicyclic) bond motifs is 1. The minimum atomic E-state index is -0.225. The third-order valence-electron chi connectivity index (χ3n) is 4.54. The van der Waals surface area contributed by atoms with Crippen LogP contribution in [0.4, 0.5) is 0 Å². The van der Waals surface area contributed by atoms with Gasteiger partial charge in [-0.05, 0) is 37.9 Å². The second kappa shape index (κ2) is 6.50. The largest absolute Gasteiger partial charge is 0.468 e. The number of esters is 1. The van der Waals surface area contributed by atoms with E-state index in [9.17, 15) is 14.4 Å². The van der Waals surface area contributed by atoms with Crippen molar-refractivity contribution in [1.82, 2.24) is 9.80 Å². The molecule has 1 saturated heterocycles. The topological polar surface area (TPSA) is 66.9 Å². The molecule has 3 rings (SSSR count). The van der Waals surface area contributed by atoms with Gasteiger partial charge in [-0.3, -0.25) is 24.2 Å². The molecule has 23 heavy (non-hydrogen) atoms. The van der Waals surface area contributed by atoms with E-state index in [-0.39, 0.29) is 23.8 Å². The molecule has 0 bridgehead atoms. The van der Waals surface area contributed by atoms with Crippen molar-refractivity contribution in [3.63, 3.8) is 0 Å². The Bertz CT molecular complexity index is 608. The summed E-state index contributed by atoms with van der Waals surface area (Å²) in [5, 5.41) is 0. The van der Waals surface area contributed by atoms with E-state index < -0.39 is 0 Å². The van der Waals surface area contributed by atoms with Crippen molar-refractivity contribution < 1.29 is 19.1 Å². The highest BCUT2D eigenvalue weighted by molar-refractivity contribution is 6.21. The monoisotopic (exact) mass is 316 g/mol. The van der Waals surface area contributed by atoms with Crippen LogP contribution < -0.4 is 0 Å². The summed E-state index contributed by atoms with van der Waals surface area (Å²) < 4.78 is 4.82. The van der Waals surface area contributed by atoms with E-state index in [4.69, 9.17) is 4.74 Å². The van der Waals surface area contributed by atoms with Crippen LogP contribution in [0.2, 0.25) is 0 Å². The van der Waals surface area contributed by atoms with Gasteiger partial charge in [-0.2, -0.15) is 0 Å². The minimum Gasteiger partial charge on any atom is -0.468 e. The summed E-state index contributed by atoms with van der Waals surface area (Å²) in [5.74, 6) is -0.656. The van der Waals surface area contributed by atoms with Gasteiger partial charge in [0.05, 0.1) is 18.2 Å². The molecule has 0 saturated carbocycles. The SMILES string of the molecule is COC(=O)[C@@H]1CCCN1CCCN1C(=O)c2ccccc2C1=O. The summed E-state index contributed by atoms with van der Waals surface area (Å²) in [4.78, 5) is 39.6. The molecule has 2 amide bonds. The zero-order chi connectivity index (χ0) is 16.4. The van der Waals surface area contributed by atoms with Gasteiger partial charge in [0.2, 0.25) is 0 Å². The quantitative estimate of drug-likeness (QED) is 0.605. The molecule has 6 heteroatoms. The van der Waals surface area contributed by atoms with Gasteiger partial charge in [-0.1, -0.05) is 12.1 Å². The average Bonchev–Trinajstić information content (AvgIpc) is 3.13. The Hall–Kier alpha value is -2.21. The van der Waals surface area contributed by atoms with Crippen molar-refractivity contribution in [2.75, 3.05) is 26.7 Å². The van der Waals surface area contributed by atoms with Gasteiger partial charge in [0, 0.05) is 13.1 Å². The molecule has 122 valence electrons. The van der Waals surface area contributed by atoms with E-state index in [1.807, 2.05) is 0 Å². The molecular weight excluding hydrogens is 296 g/mol.